The molecule has 240 valence electrons. The zero-order valence-electron chi connectivity index (χ0n) is 25.6. The Balaban J connectivity index is 1.34. The molecule has 1 saturated heterocycles. The molecule has 2 amide bonds. The van der Waals surface area contributed by atoms with E-state index in [2.05, 4.69) is 4.98 Å². The van der Waals surface area contributed by atoms with Gasteiger partial charge in [0.05, 0.1) is 41.0 Å². The number of amides is 2. The van der Waals surface area contributed by atoms with Gasteiger partial charge in [-0.1, -0.05) is 54.1 Å². The number of aromatic hydroxyl groups is 1. The summed E-state index contributed by atoms with van der Waals surface area (Å²) < 4.78 is 6.12. The Labute approximate surface area is 278 Å². The molecule has 1 fully saturated rings. The summed E-state index contributed by atoms with van der Waals surface area (Å²) in [7, 11) is 0. The van der Waals surface area contributed by atoms with Crippen LogP contribution in [-0.4, -0.2) is 51.4 Å². The molecule has 2 aliphatic rings. The lowest BCUT2D eigenvalue weighted by molar-refractivity contribution is -0.123. The molecule has 47 heavy (non-hydrogen) atoms. The van der Waals surface area contributed by atoms with E-state index in [1.54, 1.807) is 42.6 Å². The minimum absolute atomic E-state index is 0.0514. The molecule has 0 unspecified atom stereocenters. The van der Waals surface area contributed by atoms with Gasteiger partial charge in [0.15, 0.2) is 0 Å². The number of phenolic OH excluding ortho intramolecular Hbond substituents is 1. The van der Waals surface area contributed by atoms with Gasteiger partial charge in [0.1, 0.15) is 18.1 Å². The summed E-state index contributed by atoms with van der Waals surface area (Å²) >= 11 is 6.43. The summed E-state index contributed by atoms with van der Waals surface area (Å²) in [4.78, 5) is 33.4. The van der Waals surface area contributed by atoms with E-state index >= 15 is 0 Å². The van der Waals surface area contributed by atoms with Crippen LogP contribution in [0.4, 0.5) is 5.69 Å². The number of fused-ring (bicyclic) bond motifs is 1. The predicted octanol–water partition coefficient (Wildman–Crippen LogP) is 6.32. The molecule has 3 aromatic carbocycles. The number of nitrogens with zero attached hydrogens (tertiary/aromatic N) is 2. The van der Waals surface area contributed by atoms with Gasteiger partial charge in [-0.15, -0.1) is 0 Å². The lowest BCUT2D eigenvalue weighted by Gasteiger charge is -2.36. The number of imide groups is 1. The van der Waals surface area contributed by atoms with Crippen molar-refractivity contribution in [2.75, 3.05) is 18.1 Å². The number of para-hydroxylation sites is 2. The SMILES string of the molecule is O=C1[C@@H]2[C@@H](CC(COc3ccccc3)=C([C@H](O)CC/C(=C/c3ccc(O)cc3Cl)c3ccccn3)[C@@H]2CO)C(=O)N1c1ccccc1. The highest BCUT2D eigenvalue weighted by molar-refractivity contribution is 6.32. The fourth-order valence-electron chi connectivity index (χ4n) is 6.71. The van der Waals surface area contributed by atoms with Gasteiger partial charge in [0.2, 0.25) is 11.8 Å². The molecule has 0 bridgehead atoms. The zero-order valence-corrected chi connectivity index (χ0v) is 26.3. The van der Waals surface area contributed by atoms with Crippen molar-refractivity contribution < 1.29 is 29.6 Å². The highest BCUT2D eigenvalue weighted by atomic mass is 35.5. The largest absolute Gasteiger partial charge is 0.508 e. The van der Waals surface area contributed by atoms with Crippen molar-refractivity contribution in [1.82, 2.24) is 4.98 Å². The molecule has 0 saturated carbocycles. The summed E-state index contributed by atoms with van der Waals surface area (Å²) in [5.41, 5.74) is 3.89. The van der Waals surface area contributed by atoms with Gasteiger partial charge in [0.25, 0.3) is 0 Å². The van der Waals surface area contributed by atoms with Crippen molar-refractivity contribution in [3.8, 4) is 11.5 Å². The van der Waals surface area contributed by atoms with Gasteiger partial charge in [-0.3, -0.25) is 19.5 Å². The molecular formula is C38H35ClN2O6. The van der Waals surface area contributed by atoms with E-state index in [0.29, 0.717) is 45.3 Å². The van der Waals surface area contributed by atoms with E-state index in [9.17, 15) is 24.9 Å². The van der Waals surface area contributed by atoms with Crippen LogP contribution in [0.25, 0.3) is 11.6 Å². The van der Waals surface area contributed by atoms with Crippen molar-refractivity contribution in [2.24, 2.45) is 17.8 Å². The molecule has 1 aliphatic carbocycles. The first-order valence-corrected chi connectivity index (χ1v) is 16.0. The average Bonchev–Trinajstić information content (AvgIpc) is 3.35. The normalized spacial score (nSPS) is 20.4. The van der Waals surface area contributed by atoms with Crippen LogP contribution in [0.2, 0.25) is 5.02 Å². The summed E-state index contributed by atoms with van der Waals surface area (Å²) in [5, 5.41) is 32.9. The van der Waals surface area contributed by atoms with E-state index in [-0.39, 0.29) is 37.0 Å². The maximum absolute atomic E-state index is 13.9. The van der Waals surface area contributed by atoms with Crippen LogP contribution >= 0.6 is 11.6 Å². The van der Waals surface area contributed by atoms with E-state index in [1.165, 1.54) is 11.0 Å². The van der Waals surface area contributed by atoms with Crippen LogP contribution in [0.3, 0.4) is 0 Å². The van der Waals surface area contributed by atoms with Crippen LogP contribution in [0.15, 0.2) is 114 Å². The number of benzene rings is 3. The van der Waals surface area contributed by atoms with Crippen molar-refractivity contribution in [3.05, 3.63) is 131 Å². The molecule has 0 spiro atoms. The lowest BCUT2D eigenvalue weighted by Crippen LogP contribution is -2.40. The second-order valence-corrected chi connectivity index (χ2v) is 12.2. The lowest BCUT2D eigenvalue weighted by atomic mass is 9.68. The number of rotatable bonds is 11. The zero-order chi connectivity index (χ0) is 32.9. The number of pyridine rings is 1. The minimum atomic E-state index is -1.06. The monoisotopic (exact) mass is 650 g/mol. The van der Waals surface area contributed by atoms with Gasteiger partial charge in [-0.25, -0.2) is 0 Å². The third kappa shape index (κ3) is 6.86. The molecule has 9 heteroatoms. The van der Waals surface area contributed by atoms with Crippen LogP contribution in [0, 0.1) is 17.8 Å². The number of phenols is 1. The average molecular weight is 651 g/mol. The quantitative estimate of drug-likeness (QED) is 0.128. The van der Waals surface area contributed by atoms with E-state index in [0.717, 1.165) is 5.57 Å². The number of halogens is 1. The molecule has 3 N–H and O–H groups in total. The Morgan fingerprint density at radius 1 is 0.979 bits per heavy atom. The second-order valence-electron chi connectivity index (χ2n) is 11.8. The number of hydrogen-bond donors (Lipinski definition) is 3. The van der Waals surface area contributed by atoms with E-state index in [1.807, 2.05) is 60.7 Å². The third-order valence-corrected chi connectivity index (χ3v) is 9.23. The number of allylic oxidation sites excluding steroid dienone is 1. The molecular weight excluding hydrogens is 616 g/mol. The van der Waals surface area contributed by atoms with Crippen molar-refractivity contribution in [1.29, 1.82) is 0 Å². The number of carbonyl (C=O) groups is 2. The summed E-state index contributed by atoms with van der Waals surface area (Å²) in [6, 6.07) is 28.3. The van der Waals surface area contributed by atoms with Gasteiger partial charge < -0.3 is 20.1 Å². The molecule has 2 heterocycles. The Morgan fingerprint density at radius 2 is 1.70 bits per heavy atom. The number of anilines is 1. The summed E-state index contributed by atoms with van der Waals surface area (Å²) in [6.07, 6.45) is 3.34. The van der Waals surface area contributed by atoms with Crippen LogP contribution in [0.1, 0.15) is 30.5 Å². The number of aliphatic hydroxyl groups excluding tert-OH is 2. The molecule has 1 aliphatic heterocycles. The standard InChI is InChI=1S/C38H35ClN2O6/c39-32-21-28(43)16-14-24(32)19-25(33-13-7-8-18-40-33)15-17-34(44)35-26(23-47-29-11-5-2-6-12-29)20-30-36(31(35)22-42)38(46)41(37(30)45)27-9-3-1-4-10-27/h1-14,16,18-19,21,30-31,34,36,42-44H,15,17,20,22-23H2/b25-19-/t30-,31+,34-,36-/m1/s1. The Hall–Kier alpha value is -4.76. The Kier molecular flexibility index (Phi) is 9.82. The van der Waals surface area contributed by atoms with E-state index < -0.39 is 30.5 Å². The number of hydrogen-bond acceptors (Lipinski definition) is 7. The first kappa shape index (κ1) is 32.2. The molecule has 8 nitrogen and oxygen atoms in total. The van der Waals surface area contributed by atoms with Crippen molar-refractivity contribution in [3.63, 3.8) is 0 Å². The number of aromatic nitrogens is 1. The van der Waals surface area contributed by atoms with Crippen LogP contribution in [-0.2, 0) is 9.59 Å². The summed E-state index contributed by atoms with van der Waals surface area (Å²) in [5.74, 6) is -2.31. The smallest absolute Gasteiger partial charge is 0.238 e. The molecule has 4 atom stereocenters. The van der Waals surface area contributed by atoms with Gasteiger partial charge in [-0.05, 0) is 102 Å². The molecule has 4 aromatic rings. The topological polar surface area (TPSA) is 120 Å². The molecule has 0 radical (unpaired) electrons. The minimum Gasteiger partial charge on any atom is -0.508 e. The molecule has 1 aromatic heterocycles. The Morgan fingerprint density at radius 3 is 2.38 bits per heavy atom. The fourth-order valence-corrected chi connectivity index (χ4v) is 6.94. The van der Waals surface area contributed by atoms with Gasteiger partial charge >= 0.3 is 0 Å². The van der Waals surface area contributed by atoms with Gasteiger partial charge in [0, 0.05) is 12.1 Å². The number of carbonyl (C=O) groups excluding carboxylic acids is 2. The van der Waals surface area contributed by atoms with Crippen LogP contribution < -0.4 is 9.64 Å². The maximum atomic E-state index is 13.9. The maximum Gasteiger partial charge on any atom is 0.238 e. The van der Waals surface area contributed by atoms with Gasteiger partial charge in [-0.2, -0.15) is 0 Å². The molecule has 6 rings (SSSR count). The van der Waals surface area contributed by atoms with Crippen molar-refractivity contribution in [2.45, 2.75) is 25.4 Å². The number of aliphatic hydroxyl groups is 2. The first-order chi connectivity index (χ1) is 22.9. The third-order valence-electron chi connectivity index (χ3n) is 8.91. The number of ether oxygens (including phenoxy) is 1. The fraction of sp³-hybridized carbons (Fsp3) is 0.237. The second kappa shape index (κ2) is 14.3. The first-order valence-electron chi connectivity index (χ1n) is 15.6. The highest BCUT2D eigenvalue weighted by Crippen LogP contribution is 2.47. The Bertz CT molecular complexity index is 1800. The highest BCUT2D eigenvalue weighted by Gasteiger charge is 2.55. The van der Waals surface area contributed by atoms with Crippen LogP contribution in [0.5, 0.6) is 11.5 Å². The summed E-state index contributed by atoms with van der Waals surface area (Å²) in [6.45, 7) is -0.328. The van der Waals surface area contributed by atoms with Crippen molar-refractivity contribution >= 4 is 40.8 Å². The predicted molar refractivity (Wildman–Crippen MR) is 181 cm³/mol. The van der Waals surface area contributed by atoms with E-state index in [4.69, 9.17) is 16.3 Å².